The van der Waals surface area contributed by atoms with Gasteiger partial charge in [-0.1, -0.05) is 170 Å². The van der Waals surface area contributed by atoms with Crippen molar-refractivity contribution in [1.29, 1.82) is 0 Å². The SMILES string of the molecule is C=C/C=C(/c1ccccc1N(c1ccc(-c2cccc3ccccc23)cc1)c1ccc(-c2cccc3ccccc23)cc1)c1coc2cc3ccccc3cc12. The normalized spacial score (nSPS) is 11.8. The lowest BCUT2D eigenvalue weighted by Gasteiger charge is -2.29. The molecule has 1 aromatic heterocycles. The molecule has 0 aliphatic heterocycles. The Labute approximate surface area is 326 Å². The van der Waals surface area contributed by atoms with E-state index >= 15 is 0 Å². The first-order valence-electron chi connectivity index (χ1n) is 19.0. The van der Waals surface area contributed by atoms with E-state index in [0.29, 0.717) is 0 Å². The Morgan fingerprint density at radius 2 is 0.946 bits per heavy atom. The van der Waals surface area contributed by atoms with Gasteiger partial charge in [-0.25, -0.2) is 0 Å². The van der Waals surface area contributed by atoms with Crippen LogP contribution < -0.4 is 4.90 Å². The second-order valence-electron chi connectivity index (χ2n) is 14.2. The van der Waals surface area contributed by atoms with E-state index in [1.807, 2.05) is 12.3 Å². The number of rotatable bonds is 8. The molecule has 0 radical (unpaired) electrons. The molecule has 9 aromatic carbocycles. The average molecular weight is 716 g/mol. The molecule has 0 spiro atoms. The third kappa shape index (κ3) is 5.85. The lowest BCUT2D eigenvalue weighted by Crippen LogP contribution is -2.12. The summed E-state index contributed by atoms with van der Waals surface area (Å²) in [5.74, 6) is 0. The maximum Gasteiger partial charge on any atom is 0.135 e. The van der Waals surface area contributed by atoms with Gasteiger partial charge in [0.05, 0.1) is 12.0 Å². The number of allylic oxidation sites excluding steroid dienone is 2. The van der Waals surface area contributed by atoms with E-state index in [4.69, 9.17) is 4.42 Å². The zero-order valence-electron chi connectivity index (χ0n) is 30.8. The van der Waals surface area contributed by atoms with Crippen LogP contribution >= 0.6 is 0 Å². The minimum atomic E-state index is 0.857. The number of furan rings is 1. The Hall–Kier alpha value is -7.42. The van der Waals surface area contributed by atoms with Crippen LogP contribution in [0.15, 0.2) is 224 Å². The van der Waals surface area contributed by atoms with Crippen molar-refractivity contribution in [3.63, 3.8) is 0 Å². The van der Waals surface area contributed by atoms with Crippen molar-refractivity contribution >= 4 is 65.9 Å². The quantitative estimate of drug-likeness (QED) is 0.146. The van der Waals surface area contributed by atoms with Crippen molar-refractivity contribution in [1.82, 2.24) is 0 Å². The molecule has 0 unspecified atom stereocenters. The fourth-order valence-corrected chi connectivity index (χ4v) is 8.22. The van der Waals surface area contributed by atoms with Gasteiger partial charge in [0.2, 0.25) is 0 Å². The van der Waals surface area contributed by atoms with Crippen LogP contribution in [-0.2, 0) is 0 Å². The highest BCUT2D eigenvalue weighted by atomic mass is 16.3. The summed E-state index contributed by atoms with van der Waals surface area (Å²) in [6.45, 7) is 4.16. The number of anilines is 3. The van der Waals surface area contributed by atoms with E-state index < -0.39 is 0 Å². The van der Waals surface area contributed by atoms with Crippen molar-refractivity contribution in [3.05, 3.63) is 230 Å². The van der Waals surface area contributed by atoms with Crippen LogP contribution in [0.5, 0.6) is 0 Å². The molecular formula is C54H37NO. The molecule has 0 atom stereocenters. The van der Waals surface area contributed by atoms with Gasteiger partial charge in [0.1, 0.15) is 5.58 Å². The number of para-hydroxylation sites is 1. The molecular weight excluding hydrogens is 679 g/mol. The highest BCUT2D eigenvalue weighted by Gasteiger charge is 2.21. The van der Waals surface area contributed by atoms with Gasteiger partial charge in [-0.2, -0.15) is 0 Å². The van der Waals surface area contributed by atoms with Crippen molar-refractivity contribution in [2.75, 3.05) is 4.90 Å². The molecule has 0 saturated heterocycles. The first kappa shape index (κ1) is 33.2. The summed E-state index contributed by atoms with van der Waals surface area (Å²) in [5, 5.41) is 8.35. The van der Waals surface area contributed by atoms with E-state index in [1.165, 1.54) is 49.2 Å². The molecule has 2 heteroatoms. The van der Waals surface area contributed by atoms with Gasteiger partial charge in [0, 0.05) is 27.9 Å². The van der Waals surface area contributed by atoms with Crippen LogP contribution in [0.1, 0.15) is 11.1 Å². The van der Waals surface area contributed by atoms with Gasteiger partial charge in [-0.15, -0.1) is 0 Å². The summed E-state index contributed by atoms with van der Waals surface area (Å²) >= 11 is 0. The van der Waals surface area contributed by atoms with E-state index in [-0.39, 0.29) is 0 Å². The second-order valence-corrected chi connectivity index (χ2v) is 14.2. The third-order valence-electron chi connectivity index (χ3n) is 10.9. The smallest absolute Gasteiger partial charge is 0.135 e. The molecule has 0 fully saturated rings. The minimum absolute atomic E-state index is 0.857. The highest BCUT2D eigenvalue weighted by molar-refractivity contribution is 6.05. The maximum absolute atomic E-state index is 6.26. The first-order valence-corrected chi connectivity index (χ1v) is 19.0. The molecule has 10 rings (SSSR count). The molecule has 1 heterocycles. The van der Waals surface area contributed by atoms with Crippen LogP contribution in [0.25, 0.3) is 71.1 Å². The Balaban J connectivity index is 1.13. The number of nitrogens with zero attached hydrogens (tertiary/aromatic N) is 1. The summed E-state index contributed by atoms with van der Waals surface area (Å²) in [6.07, 6.45) is 5.86. The molecule has 264 valence electrons. The monoisotopic (exact) mass is 715 g/mol. The molecule has 56 heavy (non-hydrogen) atoms. The molecule has 0 bridgehead atoms. The first-order chi connectivity index (χ1) is 27.7. The number of hydrogen-bond acceptors (Lipinski definition) is 2. The molecule has 0 saturated carbocycles. The summed E-state index contributed by atoms with van der Waals surface area (Å²) < 4.78 is 6.26. The summed E-state index contributed by atoms with van der Waals surface area (Å²) in [6, 6.07) is 69.6. The zero-order chi connectivity index (χ0) is 37.4. The van der Waals surface area contributed by atoms with E-state index in [0.717, 1.165) is 50.1 Å². The predicted molar refractivity (Wildman–Crippen MR) is 238 cm³/mol. The Bertz CT molecular complexity index is 2960. The number of hydrogen-bond donors (Lipinski definition) is 0. The van der Waals surface area contributed by atoms with Crippen LogP contribution in [0.3, 0.4) is 0 Å². The van der Waals surface area contributed by atoms with E-state index in [2.05, 4.69) is 212 Å². The Kier molecular flexibility index (Phi) is 8.35. The zero-order valence-corrected chi connectivity index (χ0v) is 30.8. The molecule has 0 aliphatic carbocycles. The predicted octanol–water partition coefficient (Wildman–Crippen LogP) is 15.3. The Morgan fingerprint density at radius 1 is 0.446 bits per heavy atom. The van der Waals surface area contributed by atoms with Crippen LogP contribution in [0.2, 0.25) is 0 Å². The van der Waals surface area contributed by atoms with Crippen LogP contribution in [0, 0.1) is 0 Å². The number of fused-ring (bicyclic) bond motifs is 4. The van der Waals surface area contributed by atoms with Crippen molar-refractivity contribution in [2.45, 2.75) is 0 Å². The average Bonchev–Trinajstić information content (AvgIpc) is 3.67. The van der Waals surface area contributed by atoms with Gasteiger partial charge in [-0.3, -0.25) is 0 Å². The lowest BCUT2D eigenvalue weighted by molar-refractivity contribution is 0.615. The van der Waals surface area contributed by atoms with Gasteiger partial charge in [0.15, 0.2) is 0 Å². The van der Waals surface area contributed by atoms with Gasteiger partial charge < -0.3 is 9.32 Å². The maximum atomic E-state index is 6.26. The Morgan fingerprint density at radius 3 is 1.54 bits per heavy atom. The van der Waals surface area contributed by atoms with E-state index in [1.54, 1.807) is 0 Å². The second kappa shape index (κ2) is 14.1. The minimum Gasteiger partial charge on any atom is -0.464 e. The van der Waals surface area contributed by atoms with Crippen LogP contribution in [0.4, 0.5) is 17.1 Å². The van der Waals surface area contributed by atoms with Crippen LogP contribution in [-0.4, -0.2) is 0 Å². The molecule has 0 amide bonds. The third-order valence-corrected chi connectivity index (χ3v) is 10.9. The molecule has 0 N–H and O–H groups in total. The lowest BCUT2D eigenvalue weighted by atomic mass is 9.93. The fraction of sp³-hybridized carbons (Fsp3) is 0. The van der Waals surface area contributed by atoms with Crippen molar-refractivity contribution < 1.29 is 4.42 Å². The largest absolute Gasteiger partial charge is 0.464 e. The fourth-order valence-electron chi connectivity index (χ4n) is 8.22. The summed E-state index contributed by atoms with van der Waals surface area (Å²) in [5.41, 5.74) is 11.9. The topological polar surface area (TPSA) is 16.4 Å². The van der Waals surface area contributed by atoms with Gasteiger partial charge in [-0.05, 0) is 103 Å². The summed E-state index contributed by atoms with van der Waals surface area (Å²) in [4.78, 5) is 2.36. The van der Waals surface area contributed by atoms with Gasteiger partial charge in [0.25, 0.3) is 0 Å². The van der Waals surface area contributed by atoms with Crippen molar-refractivity contribution in [2.24, 2.45) is 0 Å². The van der Waals surface area contributed by atoms with Gasteiger partial charge >= 0.3 is 0 Å². The van der Waals surface area contributed by atoms with E-state index in [9.17, 15) is 0 Å². The number of benzene rings is 9. The molecule has 0 aliphatic rings. The molecule has 2 nitrogen and oxygen atoms in total. The molecule has 10 aromatic rings. The standard InChI is InChI=1S/C54H37NO/c1-2-13-49(52-36-56-54-35-42-17-4-3-16-41(42)34-51(52)54)50-22-9-10-25-53(50)55(43-30-26-39(27-31-43)47-23-11-18-37-14-5-7-20-45(37)47)44-32-28-40(29-33-44)48-24-12-19-38-15-6-8-21-46(38)48/h2-36H,1H2/b49-13-. The summed E-state index contributed by atoms with van der Waals surface area (Å²) in [7, 11) is 0. The van der Waals surface area contributed by atoms with Crippen molar-refractivity contribution in [3.8, 4) is 22.3 Å². The highest BCUT2D eigenvalue weighted by Crippen LogP contribution is 2.44.